The van der Waals surface area contributed by atoms with E-state index in [0.29, 0.717) is 0 Å². The number of unbranched alkanes of at least 4 members (excludes halogenated alkanes) is 24. The van der Waals surface area contributed by atoms with Crippen molar-refractivity contribution >= 4 is 0 Å². The molecule has 0 spiro atoms. The van der Waals surface area contributed by atoms with Crippen LogP contribution in [0.3, 0.4) is 0 Å². The fraction of sp³-hybridized carbons (Fsp3) is 1.00. The minimum absolute atomic E-state index is 0.717. The van der Waals surface area contributed by atoms with Crippen LogP contribution in [0.2, 0.25) is 0 Å². The Kier molecular flexibility index (Phi) is 29.2. The number of hydrogen-bond acceptors (Lipinski definition) is 1. The molecule has 0 unspecified atom stereocenters. The first kappa shape index (κ1) is 34.0. The molecule has 0 saturated carbocycles. The van der Waals surface area contributed by atoms with E-state index in [-0.39, 0.29) is 0 Å². The molecule has 1 nitrogen and oxygen atoms in total. The van der Waals surface area contributed by atoms with Gasteiger partial charge in [-0.2, -0.15) is 0 Å². The zero-order valence-corrected chi connectivity index (χ0v) is 24.8. The van der Waals surface area contributed by atoms with Gasteiger partial charge in [-0.15, -0.1) is 0 Å². The van der Waals surface area contributed by atoms with Crippen molar-refractivity contribution in [2.24, 2.45) is 0 Å². The highest BCUT2D eigenvalue weighted by Crippen LogP contribution is 2.15. The van der Waals surface area contributed by atoms with Crippen LogP contribution in [0, 0.1) is 0 Å². The highest BCUT2D eigenvalue weighted by molar-refractivity contribution is 4.63. The van der Waals surface area contributed by atoms with Crippen molar-refractivity contribution in [3.05, 3.63) is 0 Å². The summed E-state index contributed by atoms with van der Waals surface area (Å²) < 4.78 is 0. The van der Waals surface area contributed by atoms with Gasteiger partial charge in [-0.05, 0) is 39.8 Å². The van der Waals surface area contributed by atoms with Crippen LogP contribution >= 0.6 is 0 Å². The minimum atomic E-state index is 0.717. The Labute approximate surface area is 218 Å². The van der Waals surface area contributed by atoms with Gasteiger partial charge in [-0.1, -0.05) is 168 Å². The average molecular weight is 480 g/mol. The maximum Gasteiger partial charge on any atom is 0.00385 e. The molecule has 0 aliphatic heterocycles. The van der Waals surface area contributed by atoms with Crippen LogP contribution < -0.4 is 0 Å². The fourth-order valence-corrected chi connectivity index (χ4v) is 5.29. The molecular weight excluding hydrogens is 410 g/mol. The van der Waals surface area contributed by atoms with Crippen molar-refractivity contribution < 1.29 is 0 Å². The largest absolute Gasteiger partial charge is 0.301 e. The van der Waals surface area contributed by atoms with Crippen LogP contribution in [0.5, 0.6) is 0 Å². The van der Waals surface area contributed by atoms with Gasteiger partial charge in [0.25, 0.3) is 0 Å². The lowest BCUT2D eigenvalue weighted by atomic mass is 10.0. The summed E-state index contributed by atoms with van der Waals surface area (Å²) in [5.74, 6) is 0. The Bertz CT molecular complexity index is 320. The lowest BCUT2D eigenvalue weighted by Crippen LogP contribution is -2.32. The van der Waals surface area contributed by atoms with E-state index in [1.165, 1.54) is 180 Å². The SMILES string of the molecule is CCCCCCCCCCCCCCCN(CCCCCCCCCCCCCCC)C(C)C. The Balaban J connectivity index is 3.40. The van der Waals surface area contributed by atoms with Gasteiger partial charge in [-0.3, -0.25) is 0 Å². The summed E-state index contributed by atoms with van der Waals surface area (Å²) in [4.78, 5) is 2.75. The molecule has 0 atom stereocenters. The standard InChI is InChI=1S/C33H69N/c1-5-7-9-11-13-15-17-19-21-23-25-27-29-31-34(33(3)4)32-30-28-26-24-22-20-18-16-14-12-10-8-6-2/h33H,5-32H2,1-4H3. The molecule has 0 radical (unpaired) electrons. The summed E-state index contributed by atoms with van der Waals surface area (Å²) in [7, 11) is 0. The normalized spacial score (nSPS) is 11.8. The highest BCUT2D eigenvalue weighted by Gasteiger charge is 2.08. The zero-order chi connectivity index (χ0) is 25.0. The third-order valence-electron chi connectivity index (χ3n) is 7.83. The lowest BCUT2D eigenvalue weighted by molar-refractivity contribution is 0.211. The molecule has 0 aromatic heterocycles. The number of rotatable bonds is 29. The third kappa shape index (κ3) is 26.6. The molecule has 0 aromatic carbocycles. The second-order valence-corrected chi connectivity index (χ2v) is 11.6. The van der Waals surface area contributed by atoms with Crippen LogP contribution in [0.15, 0.2) is 0 Å². The van der Waals surface area contributed by atoms with E-state index < -0.39 is 0 Å². The first-order valence-corrected chi connectivity index (χ1v) is 16.5. The van der Waals surface area contributed by atoms with E-state index in [1.54, 1.807) is 0 Å². The maximum atomic E-state index is 2.75. The van der Waals surface area contributed by atoms with Gasteiger partial charge in [0.15, 0.2) is 0 Å². The van der Waals surface area contributed by atoms with Crippen molar-refractivity contribution in [3.8, 4) is 0 Å². The van der Waals surface area contributed by atoms with Gasteiger partial charge in [-0.25, -0.2) is 0 Å². The fourth-order valence-electron chi connectivity index (χ4n) is 5.29. The van der Waals surface area contributed by atoms with E-state index in [9.17, 15) is 0 Å². The minimum Gasteiger partial charge on any atom is -0.301 e. The Hall–Kier alpha value is -0.0400. The van der Waals surface area contributed by atoms with Crippen LogP contribution in [-0.2, 0) is 0 Å². The number of nitrogens with zero attached hydrogens (tertiary/aromatic N) is 1. The molecule has 0 saturated heterocycles. The predicted molar refractivity (Wildman–Crippen MR) is 158 cm³/mol. The molecule has 34 heavy (non-hydrogen) atoms. The lowest BCUT2D eigenvalue weighted by Gasteiger charge is -2.26. The van der Waals surface area contributed by atoms with E-state index in [2.05, 4.69) is 32.6 Å². The summed E-state index contributed by atoms with van der Waals surface area (Å²) in [6, 6.07) is 0.717. The third-order valence-corrected chi connectivity index (χ3v) is 7.83. The molecule has 0 N–H and O–H groups in total. The van der Waals surface area contributed by atoms with E-state index >= 15 is 0 Å². The smallest absolute Gasteiger partial charge is 0.00385 e. The molecule has 0 aliphatic rings. The van der Waals surface area contributed by atoms with Crippen LogP contribution in [0.4, 0.5) is 0 Å². The van der Waals surface area contributed by atoms with Gasteiger partial charge in [0.1, 0.15) is 0 Å². The van der Waals surface area contributed by atoms with Gasteiger partial charge < -0.3 is 4.90 Å². The second-order valence-electron chi connectivity index (χ2n) is 11.6. The predicted octanol–water partition coefficient (Wildman–Crippen LogP) is 11.9. The average Bonchev–Trinajstić information content (AvgIpc) is 2.83. The van der Waals surface area contributed by atoms with Crippen molar-refractivity contribution in [3.63, 3.8) is 0 Å². The Morgan fingerprint density at radius 3 is 0.735 bits per heavy atom. The zero-order valence-electron chi connectivity index (χ0n) is 24.8. The molecule has 0 fully saturated rings. The molecule has 206 valence electrons. The number of hydrogen-bond donors (Lipinski definition) is 0. The quantitative estimate of drug-likeness (QED) is 0.0964. The second kappa shape index (κ2) is 29.2. The van der Waals surface area contributed by atoms with E-state index in [0.717, 1.165) is 6.04 Å². The van der Waals surface area contributed by atoms with Gasteiger partial charge in [0.2, 0.25) is 0 Å². The van der Waals surface area contributed by atoms with Gasteiger partial charge in [0.05, 0.1) is 0 Å². The molecule has 0 heterocycles. The molecule has 0 aliphatic carbocycles. The monoisotopic (exact) mass is 480 g/mol. The summed E-state index contributed by atoms with van der Waals surface area (Å²) in [6.45, 7) is 12.1. The highest BCUT2D eigenvalue weighted by atomic mass is 15.1. The summed E-state index contributed by atoms with van der Waals surface area (Å²) >= 11 is 0. The summed E-state index contributed by atoms with van der Waals surface area (Å²) in [5, 5.41) is 0. The van der Waals surface area contributed by atoms with Crippen molar-refractivity contribution in [2.75, 3.05) is 13.1 Å². The van der Waals surface area contributed by atoms with Crippen LogP contribution in [0.1, 0.15) is 195 Å². The van der Waals surface area contributed by atoms with Crippen LogP contribution in [0.25, 0.3) is 0 Å². The molecule has 0 bridgehead atoms. The molecule has 1 heteroatoms. The summed E-state index contributed by atoms with van der Waals surface area (Å²) in [6.07, 6.45) is 37.8. The topological polar surface area (TPSA) is 3.24 Å². The van der Waals surface area contributed by atoms with E-state index in [4.69, 9.17) is 0 Å². The first-order chi connectivity index (χ1) is 16.7. The molecule has 0 amide bonds. The first-order valence-electron chi connectivity index (χ1n) is 16.5. The Morgan fingerprint density at radius 2 is 0.529 bits per heavy atom. The van der Waals surface area contributed by atoms with E-state index in [1.807, 2.05) is 0 Å². The Morgan fingerprint density at radius 1 is 0.324 bits per heavy atom. The van der Waals surface area contributed by atoms with Crippen molar-refractivity contribution in [2.45, 2.75) is 201 Å². The molecule has 0 rings (SSSR count). The van der Waals surface area contributed by atoms with Crippen molar-refractivity contribution in [1.29, 1.82) is 0 Å². The maximum absolute atomic E-state index is 2.75. The summed E-state index contributed by atoms with van der Waals surface area (Å²) in [5.41, 5.74) is 0. The van der Waals surface area contributed by atoms with Crippen molar-refractivity contribution in [1.82, 2.24) is 4.90 Å². The van der Waals surface area contributed by atoms with Gasteiger partial charge >= 0.3 is 0 Å². The molecule has 0 aromatic rings. The van der Waals surface area contributed by atoms with Gasteiger partial charge in [0, 0.05) is 6.04 Å². The van der Waals surface area contributed by atoms with Crippen LogP contribution in [-0.4, -0.2) is 24.0 Å². The molecular formula is C33H69N.